The highest BCUT2D eigenvalue weighted by Crippen LogP contribution is 2.37. The van der Waals surface area contributed by atoms with Crippen molar-refractivity contribution in [2.45, 2.75) is 37.8 Å². The van der Waals surface area contributed by atoms with Crippen LogP contribution in [-0.2, 0) is 9.59 Å². The van der Waals surface area contributed by atoms with Gasteiger partial charge in [-0.3, -0.25) is 4.79 Å². The van der Waals surface area contributed by atoms with Gasteiger partial charge >= 0.3 is 5.97 Å². The summed E-state index contributed by atoms with van der Waals surface area (Å²) in [6, 6.07) is -0.139. The van der Waals surface area contributed by atoms with Gasteiger partial charge in [0.05, 0.1) is 6.04 Å². The summed E-state index contributed by atoms with van der Waals surface area (Å²) in [6.45, 7) is 1.10. The molecule has 0 aromatic heterocycles. The van der Waals surface area contributed by atoms with Crippen molar-refractivity contribution >= 4 is 11.9 Å². The molecule has 4 N–H and O–H groups in total. The first-order valence-corrected chi connectivity index (χ1v) is 6.51. The van der Waals surface area contributed by atoms with Gasteiger partial charge in [-0.25, -0.2) is 4.79 Å². The molecule has 18 heavy (non-hydrogen) atoms. The van der Waals surface area contributed by atoms with Crippen molar-refractivity contribution in [3.63, 3.8) is 0 Å². The molecule has 0 aromatic carbocycles. The molecule has 1 saturated heterocycles. The largest absolute Gasteiger partial charge is 0.479 e. The van der Waals surface area contributed by atoms with Crippen LogP contribution in [0.15, 0.2) is 0 Å². The molecule has 2 aliphatic rings. The molecule has 1 aliphatic heterocycles. The van der Waals surface area contributed by atoms with E-state index in [1.807, 2.05) is 0 Å². The molecule has 1 amide bonds. The van der Waals surface area contributed by atoms with E-state index in [0.29, 0.717) is 11.8 Å². The summed E-state index contributed by atoms with van der Waals surface area (Å²) in [4.78, 5) is 22.3. The molecule has 1 saturated carbocycles. The normalized spacial score (nSPS) is 31.9. The lowest BCUT2D eigenvalue weighted by atomic mass is 9.93. The lowest BCUT2D eigenvalue weighted by Crippen LogP contribution is -2.44. The van der Waals surface area contributed by atoms with Gasteiger partial charge in [0.25, 0.3) is 0 Å². The van der Waals surface area contributed by atoms with Crippen LogP contribution >= 0.6 is 0 Å². The number of aliphatic hydroxyl groups is 1. The smallest absolute Gasteiger partial charge is 0.332 e. The number of hydrogen-bond donors (Lipinski definition) is 4. The van der Waals surface area contributed by atoms with Gasteiger partial charge in [0.2, 0.25) is 5.91 Å². The maximum atomic E-state index is 11.9. The van der Waals surface area contributed by atoms with Gasteiger partial charge in [0, 0.05) is 13.0 Å². The minimum Gasteiger partial charge on any atom is -0.479 e. The first-order chi connectivity index (χ1) is 8.59. The van der Waals surface area contributed by atoms with Crippen LogP contribution in [-0.4, -0.2) is 47.3 Å². The fourth-order valence-electron chi connectivity index (χ4n) is 3.04. The Labute approximate surface area is 106 Å². The molecule has 2 rings (SSSR count). The van der Waals surface area contributed by atoms with Crippen molar-refractivity contribution in [3.05, 3.63) is 0 Å². The quantitative estimate of drug-likeness (QED) is 0.523. The van der Waals surface area contributed by atoms with Crippen molar-refractivity contribution in [1.82, 2.24) is 10.6 Å². The highest BCUT2D eigenvalue weighted by atomic mass is 16.4. The van der Waals surface area contributed by atoms with Crippen molar-refractivity contribution in [3.8, 4) is 0 Å². The number of carboxylic acids is 1. The second-order valence-electron chi connectivity index (χ2n) is 5.17. The maximum absolute atomic E-state index is 11.9. The summed E-state index contributed by atoms with van der Waals surface area (Å²) < 4.78 is 0. The molecule has 0 bridgehead atoms. The maximum Gasteiger partial charge on any atom is 0.332 e. The Hall–Kier alpha value is -1.14. The summed E-state index contributed by atoms with van der Waals surface area (Å²) in [7, 11) is 0. The Kier molecular flexibility index (Phi) is 4.19. The average Bonchev–Trinajstić information content (AvgIpc) is 2.89. The first-order valence-electron chi connectivity index (χ1n) is 6.51. The van der Waals surface area contributed by atoms with Gasteiger partial charge in [-0.2, -0.15) is 0 Å². The summed E-state index contributed by atoms with van der Waals surface area (Å²) in [5.74, 6) is -0.277. The van der Waals surface area contributed by atoms with Gasteiger partial charge in [-0.15, -0.1) is 0 Å². The van der Waals surface area contributed by atoms with Crippen LogP contribution in [0.5, 0.6) is 0 Å². The molecule has 0 aromatic rings. The number of hydrogen-bond acceptors (Lipinski definition) is 4. The molecule has 0 radical (unpaired) electrons. The lowest BCUT2D eigenvalue weighted by Gasteiger charge is -2.18. The number of carbonyl (C=O) groups is 2. The summed E-state index contributed by atoms with van der Waals surface area (Å²) in [5.41, 5.74) is 0. The van der Waals surface area contributed by atoms with Crippen LogP contribution < -0.4 is 10.6 Å². The van der Waals surface area contributed by atoms with Crippen LogP contribution in [0, 0.1) is 11.8 Å². The van der Waals surface area contributed by atoms with E-state index in [-0.39, 0.29) is 24.9 Å². The molecule has 1 heterocycles. The Morgan fingerprint density at radius 3 is 2.89 bits per heavy atom. The third-order valence-corrected chi connectivity index (χ3v) is 4.03. The molecule has 2 fully saturated rings. The molecule has 3 unspecified atom stereocenters. The van der Waals surface area contributed by atoms with E-state index in [2.05, 4.69) is 10.6 Å². The van der Waals surface area contributed by atoms with Crippen LogP contribution in [0.3, 0.4) is 0 Å². The zero-order valence-corrected chi connectivity index (χ0v) is 10.3. The van der Waals surface area contributed by atoms with Crippen molar-refractivity contribution in [1.29, 1.82) is 0 Å². The molecular weight excluding hydrogens is 236 g/mol. The predicted octanol–water partition coefficient (Wildman–Crippen LogP) is -0.674. The van der Waals surface area contributed by atoms with E-state index in [4.69, 9.17) is 10.2 Å². The Bertz CT molecular complexity index is 334. The van der Waals surface area contributed by atoms with Crippen molar-refractivity contribution in [2.75, 3.05) is 13.1 Å². The van der Waals surface area contributed by atoms with Crippen molar-refractivity contribution in [2.24, 2.45) is 11.8 Å². The molecule has 4 atom stereocenters. The number of fused-ring (bicyclic) bond motifs is 1. The summed E-state index contributed by atoms with van der Waals surface area (Å²) >= 11 is 0. The Balaban J connectivity index is 1.73. The highest BCUT2D eigenvalue weighted by molar-refractivity contribution is 5.82. The monoisotopic (exact) mass is 256 g/mol. The van der Waals surface area contributed by atoms with E-state index < -0.39 is 12.1 Å². The zero-order valence-electron chi connectivity index (χ0n) is 10.3. The van der Waals surface area contributed by atoms with Crippen molar-refractivity contribution < 1.29 is 19.8 Å². The summed E-state index contributed by atoms with van der Waals surface area (Å²) in [5, 5.41) is 23.5. The van der Waals surface area contributed by atoms with E-state index in [9.17, 15) is 9.59 Å². The van der Waals surface area contributed by atoms with Gasteiger partial charge in [0.1, 0.15) is 0 Å². The first kappa shape index (κ1) is 13.3. The van der Waals surface area contributed by atoms with Crippen LogP contribution in [0.2, 0.25) is 0 Å². The lowest BCUT2D eigenvalue weighted by molar-refractivity contribution is -0.147. The van der Waals surface area contributed by atoms with E-state index in [0.717, 1.165) is 13.0 Å². The van der Waals surface area contributed by atoms with Crippen LogP contribution in [0.25, 0.3) is 0 Å². The third-order valence-electron chi connectivity index (χ3n) is 4.03. The van der Waals surface area contributed by atoms with Gasteiger partial charge in [0.15, 0.2) is 6.10 Å². The van der Waals surface area contributed by atoms with Crippen LogP contribution in [0.4, 0.5) is 0 Å². The van der Waals surface area contributed by atoms with E-state index in [1.165, 1.54) is 12.8 Å². The second kappa shape index (κ2) is 5.67. The van der Waals surface area contributed by atoms with Gasteiger partial charge < -0.3 is 20.8 Å². The average molecular weight is 256 g/mol. The van der Waals surface area contributed by atoms with E-state index >= 15 is 0 Å². The fraction of sp³-hybridized carbons (Fsp3) is 0.833. The number of rotatable bonds is 5. The number of aliphatic hydroxyl groups excluding tert-OH is 1. The number of carbonyl (C=O) groups excluding carboxylic acids is 1. The Morgan fingerprint density at radius 1 is 1.39 bits per heavy atom. The number of carboxylic acid groups (broad SMARTS) is 1. The molecule has 0 spiro atoms. The second-order valence-corrected chi connectivity index (χ2v) is 5.17. The van der Waals surface area contributed by atoms with E-state index in [1.54, 1.807) is 0 Å². The molecule has 102 valence electrons. The highest BCUT2D eigenvalue weighted by Gasteiger charge is 2.42. The van der Waals surface area contributed by atoms with Gasteiger partial charge in [-0.05, 0) is 31.2 Å². The minimum atomic E-state index is -1.40. The topological polar surface area (TPSA) is 98.7 Å². The SMILES string of the molecule is O=C(NCC[C@H](O)C(=O)O)C1NCC2CCCC21. The van der Waals surface area contributed by atoms with Gasteiger partial charge in [-0.1, -0.05) is 6.42 Å². The van der Waals surface area contributed by atoms with Crippen LogP contribution in [0.1, 0.15) is 25.7 Å². The minimum absolute atomic E-state index is 0.0435. The molecule has 1 aliphatic carbocycles. The molecule has 6 heteroatoms. The Morgan fingerprint density at radius 2 is 2.17 bits per heavy atom. The fourth-order valence-corrected chi connectivity index (χ4v) is 3.04. The number of nitrogens with one attached hydrogen (secondary N) is 2. The third kappa shape index (κ3) is 2.81. The number of aliphatic carboxylic acids is 1. The molecular formula is C12H20N2O4. The standard InChI is InChI=1S/C12H20N2O4/c15-9(12(17)18)4-5-13-11(16)10-8-3-1-2-7(8)6-14-10/h7-10,14-15H,1-6H2,(H,13,16)(H,17,18)/t7?,8?,9-,10?/m0/s1. The predicted molar refractivity (Wildman–Crippen MR) is 63.9 cm³/mol. The summed E-state index contributed by atoms with van der Waals surface area (Å²) in [6.07, 6.45) is 2.12. The molecule has 6 nitrogen and oxygen atoms in total. The zero-order chi connectivity index (χ0) is 13.1. The number of amides is 1.